The van der Waals surface area contributed by atoms with Gasteiger partial charge in [0.1, 0.15) is 0 Å². The van der Waals surface area contributed by atoms with Gasteiger partial charge >= 0.3 is 0 Å². The fraction of sp³-hybridized carbons (Fsp3) is 0.0185. The van der Waals surface area contributed by atoms with Crippen molar-refractivity contribution >= 4 is 0 Å². The first-order chi connectivity index (χ1) is 27.3. The molecular formula is C54H35N. The zero-order valence-electron chi connectivity index (χ0n) is 30.2. The van der Waals surface area contributed by atoms with Crippen molar-refractivity contribution in [2.45, 2.75) is 5.41 Å². The molecule has 0 N–H and O–H groups in total. The van der Waals surface area contributed by atoms with Gasteiger partial charge in [0, 0.05) is 11.1 Å². The average molecular weight is 698 g/mol. The van der Waals surface area contributed by atoms with E-state index >= 15 is 0 Å². The Kier molecular flexibility index (Phi) is 7.15. The summed E-state index contributed by atoms with van der Waals surface area (Å²) in [4.78, 5) is 5.19. The van der Waals surface area contributed by atoms with E-state index < -0.39 is 0 Å². The van der Waals surface area contributed by atoms with Gasteiger partial charge in [0.25, 0.3) is 0 Å². The van der Waals surface area contributed by atoms with Crippen molar-refractivity contribution in [3.05, 3.63) is 235 Å². The Hall–Kier alpha value is -7.09. The Morgan fingerprint density at radius 1 is 0.236 bits per heavy atom. The summed E-state index contributed by atoms with van der Waals surface area (Å²) in [5, 5.41) is 0. The minimum absolute atomic E-state index is 0.346. The summed E-state index contributed by atoms with van der Waals surface area (Å²) in [6.45, 7) is 0. The van der Waals surface area contributed by atoms with Gasteiger partial charge in [0.2, 0.25) is 0 Å². The maximum atomic E-state index is 5.19. The van der Waals surface area contributed by atoms with E-state index in [1.54, 1.807) is 0 Å². The van der Waals surface area contributed by atoms with Gasteiger partial charge in [-0.2, -0.15) is 0 Å². The highest BCUT2D eigenvalue weighted by Gasteiger charge is 2.51. The fourth-order valence-corrected chi connectivity index (χ4v) is 9.22. The van der Waals surface area contributed by atoms with Crippen molar-refractivity contribution in [1.29, 1.82) is 0 Å². The number of nitrogens with zero attached hydrogens (tertiary/aromatic N) is 1. The van der Waals surface area contributed by atoms with Gasteiger partial charge in [-0.25, -0.2) is 4.98 Å². The van der Waals surface area contributed by atoms with Gasteiger partial charge in [0.15, 0.2) is 0 Å². The zero-order chi connectivity index (χ0) is 36.3. The summed E-state index contributed by atoms with van der Waals surface area (Å²) in [5.74, 6) is 0. The monoisotopic (exact) mass is 697 g/mol. The summed E-state index contributed by atoms with van der Waals surface area (Å²) >= 11 is 0. The summed E-state index contributed by atoms with van der Waals surface area (Å²) in [6.07, 6.45) is 0. The molecule has 1 aromatic heterocycles. The van der Waals surface area contributed by atoms with Crippen molar-refractivity contribution in [3.8, 4) is 78.1 Å². The van der Waals surface area contributed by atoms with E-state index in [1.165, 1.54) is 72.3 Å². The second kappa shape index (κ2) is 12.5. The smallest absolute Gasteiger partial charge is 0.0725 e. The predicted octanol–water partition coefficient (Wildman–Crippen LogP) is 13.8. The van der Waals surface area contributed by atoms with Crippen LogP contribution in [0.4, 0.5) is 0 Å². The van der Waals surface area contributed by atoms with E-state index in [2.05, 4.69) is 206 Å². The topological polar surface area (TPSA) is 12.9 Å². The van der Waals surface area contributed by atoms with Crippen LogP contribution in [0.5, 0.6) is 0 Å². The van der Waals surface area contributed by atoms with Crippen LogP contribution in [0.1, 0.15) is 22.3 Å². The molecule has 1 nitrogen and oxygen atoms in total. The third kappa shape index (κ3) is 4.90. The Morgan fingerprint density at radius 3 is 1.22 bits per heavy atom. The number of aromatic nitrogens is 1. The lowest BCUT2D eigenvalue weighted by molar-refractivity contribution is 0.794. The number of fused-ring (bicyclic) bond motifs is 10. The standard InChI is InChI=1S/C54H35N/c1-3-14-36(15-4-1)43-34-52(39-16-5-2-6-17-39)55-53(35-43)42-19-13-18-40(32-42)37-26-28-38(29-27-37)41-30-31-47-46-22-9-12-25-50(46)54(51(47)33-41)48-23-10-7-20-44(48)45-21-8-11-24-49(45)54/h1-35H. The van der Waals surface area contributed by atoms with Crippen LogP contribution in [0.3, 0.4) is 0 Å². The van der Waals surface area contributed by atoms with E-state index in [0.717, 1.165) is 28.1 Å². The third-order valence-corrected chi connectivity index (χ3v) is 11.7. The highest BCUT2D eigenvalue weighted by Crippen LogP contribution is 2.63. The van der Waals surface area contributed by atoms with Gasteiger partial charge in [-0.3, -0.25) is 0 Å². The molecule has 11 rings (SSSR count). The molecule has 2 aliphatic rings. The molecule has 0 fully saturated rings. The van der Waals surface area contributed by atoms with Crippen LogP contribution in [-0.4, -0.2) is 4.98 Å². The molecule has 1 heterocycles. The summed E-state index contributed by atoms with van der Waals surface area (Å²) in [6, 6.07) is 77.4. The molecule has 0 saturated carbocycles. The second-order valence-electron chi connectivity index (χ2n) is 14.7. The highest BCUT2D eigenvalue weighted by atomic mass is 14.7. The molecule has 9 aromatic rings. The molecule has 0 saturated heterocycles. The Labute approximate surface area is 321 Å². The highest BCUT2D eigenvalue weighted by molar-refractivity contribution is 5.96. The molecule has 1 spiro atoms. The summed E-state index contributed by atoms with van der Waals surface area (Å²) < 4.78 is 0. The number of benzene rings is 8. The SMILES string of the molecule is c1ccc(-c2cc(-c3ccccc3)nc(-c3cccc(-c4ccc(-c5ccc6c(c5)C5(c7ccccc7-c7ccccc75)c5ccccc5-6)cc4)c3)c2)cc1. The maximum Gasteiger partial charge on any atom is 0.0725 e. The van der Waals surface area contributed by atoms with E-state index in [9.17, 15) is 0 Å². The maximum absolute atomic E-state index is 5.19. The summed E-state index contributed by atoms with van der Waals surface area (Å²) in [5.41, 5.74) is 21.7. The molecule has 0 radical (unpaired) electrons. The first-order valence-corrected chi connectivity index (χ1v) is 19.0. The third-order valence-electron chi connectivity index (χ3n) is 11.7. The largest absolute Gasteiger partial charge is 0.248 e. The molecule has 0 atom stereocenters. The number of pyridine rings is 1. The minimum atomic E-state index is -0.346. The zero-order valence-corrected chi connectivity index (χ0v) is 30.2. The van der Waals surface area contributed by atoms with E-state index in [1.807, 2.05) is 6.07 Å². The number of rotatable bonds is 5. The van der Waals surface area contributed by atoms with Crippen molar-refractivity contribution in [2.75, 3.05) is 0 Å². The van der Waals surface area contributed by atoms with Crippen molar-refractivity contribution < 1.29 is 0 Å². The van der Waals surface area contributed by atoms with Gasteiger partial charge in [-0.1, -0.05) is 188 Å². The molecule has 0 aliphatic heterocycles. The fourth-order valence-electron chi connectivity index (χ4n) is 9.22. The van der Waals surface area contributed by atoms with Gasteiger partial charge in [-0.15, -0.1) is 0 Å². The average Bonchev–Trinajstić information content (AvgIpc) is 3.74. The van der Waals surface area contributed by atoms with Crippen LogP contribution in [0, 0.1) is 0 Å². The lowest BCUT2D eigenvalue weighted by Gasteiger charge is -2.30. The molecule has 2 aliphatic carbocycles. The Balaban J connectivity index is 0.982. The Bertz CT molecular complexity index is 2780. The minimum Gasteiger partial charge on any atom is -0.248 e. The van der Waals surface area contributed by atoms with Gasteiger partial charge < -0.3 is 0 Å². The summed E-state index contributed by atoms with van der Waals surface area (Å²) in [7, 11) is 0. The molecule has 8 aromatic carbocycles. The van der Waals surface area contributed by atoms with Crippen LogP contribution in [0.2, 0.25) is 0 Å². The number of hydrogen-bond acceptors (Lipinski definition) is 1. The first kappa shape index (κ1) is 31.4. The number of hydrogen-bond donors (Lipinski definition) is 0. The van der Waals surface area contributed by atoms with Crippen LogP contribution >= 0.6 is 0 Å². The van der Waals surface area contributed by atoms with E-state index in [0.29, 0.717) is 0 Å². The van der Waals surface area contributed by atoms with Crippen LogP contribution in [0.15, 0.2) is 212 Å². The normalized spacial score (nSPS) is 12.9. The molecule has 0 bridgehead atoms. The van der Waals surface area contributed by atoms with E-state index in [4.69, 9.17) is 4.98 Å². The molecular weight excluding hydrogens is 663 g/mol. The lowest BCUT2D eigenvalue weighted by atomic mass is 9.70. The molecule has 0 amide bonds. The molecule has 0 unspecified atom stereocenters. The molecule has 1 heteroatoms. The van der Waals surface area contributed by atoms with Crippen molar-refractivity contribution in [3.63, 3.8) is 0 Å². The van der Waals surface area contributed by atoms with E-state index in [-0.39, 0.29) is 5.41 Å². The van der Waals surface area contributed by atoms with Crippen LogP contribution < -0.4 is 0 Å². The second-order valence-corrected chi connectivity index (χ2v) is 14.7. The predicted molar refractivity (Wildman–Crippen MR) is 228 cm³/mol. The quantitative estimate of drug-likeness (QED) is 0.174. The molecule has 55 heavy (non-hydrogen) atoms. The van der Waals surface area contributed by atoms with Crippen molar-refractivity contribution in [2.24, 2.45) is 0 Å². The van der Waals surface area contributed by atoms with Crippen molar-refractivity contribution in [1.82, 2.24) is 4.98 Å². The Morgan fingerprint density at radius 2 is 0.636 bits per heavy atom. The first-order valence-electron chi connectivity index (χ1n) is 19.0. The lowest BCUT2D eigenvalue weighted by Crippen LogP contribution is -2.25. The molecule has 256 valence electrons. The van der Waals surface area contributed by atoms with Crippen LogP contribution in [-0.2, 0) is 5.41 Å². The van der Waals surface area contributed by atoms with Gasteiger partial charge in [0.05, 0.1) is 16.8 Å². The van der Waals surface area contributed by atoms with Crippen LogP contribution in [0.25, 0.3) is 78.1 Å². The van der Waals surface area contributed by atoms with Gasteiger partial charge in [-0.05, 0) is 102 Å².